The third kappa shape index (κ3) is 3.28. The van der Waals surface area contributed by atoms with Gasteiger partial charge in [-0.05, 0) is 44.5 Å². The molecule has 0 bridgehead atoms. The van der Waals surface area contributed by atoms with Crippen molar-refractivity contribution in [3.63, 3.8) is 0 Å². The average molecular weight is 316 g/mol. The first kappa shape index (κ1) is 16.4. The maximum absolute atomic E-state index is 12.5. The van der Waals surface area contributed by atoms with E-state index in [2.05, 4.69) is 5.32 Å². The monoisotopic (exact) mass is 316 g/mol. The minimum Gasteiger partial charge on any atom is -0.478 e. The van der Waals surface area contributed by atoms with E-state index in [0.29, 0.717) is 5.56 Å². The van der Waals surface area contributed by atoms with Gasteiger partial charge in [0.1, 0.15) is 5.57 Å². The highest BCUT2D eigenvalue weighted by Crippen LogP contribution is 2.22. The number of hydrogen-bond donors (Lipinski definition) is 2. The first-order valence-electron chi connectivity index (χ1n) is 6.86. The van der Waals surface area contributed by atoms with Gasteiger partial charge in [-0.15, -0.1) is 0 Å². The summed E-state index contributed by atoms with van der Waals surface area (Å²) in [5.41, 5.74) is -0.383. The zero-order valence-corrected chi connectivity index (χ0v) is 12.9. The quantitative estimate of drug-likeness (QED) is 0.637. The smallest absolute Gasteiger partial charge is 0.335 e. The van der Waals surface area contributed by atoms with Crippen molar-refractivity contribution in [3.8, 4) is 0 Å². The lowest BCUT2D eigenvalue weighted by Gasteiger charge is -2.36. The van der Waals surface area contributed by atoms with Crippen LogP contribution in [0.3, 0.4) is 0 Å². The van der Waals surface area contributed by atoms with E-state index in [0.717, 1.165) is 4.90 Å². The lowest BCUT2D eigenvalue weighted by Crippen LogP contribution is -2.60. The van der Waals surface area contributed by atoms with Crippen molar-refractivity contribution in [2.24, 2.45) is 0 Å². The molecular weight excluding hydrogens is 300 g/mol. The van der Waals surface area contributed by atoms with Gasteiger partial charge < -0.3 is 5.11 Å². The molecule has 23 heavy (non-hydrogen) atoms. The van der Waals surface area contributed by atoms with Crippen LogP contribution in [0.2, 0.25) is 0 Å². The summed E-state index contributed by atoms with van der Waals surface area (Å²) in [5.74, 6) is -2.53. The molecule has 1 aromatic rings. The first-order chi connectivity index (χ1) is 10.6. The van der Waals surface area contributed by atoms with Crippen LogP contribution in [0, 0.1) is 0 Å². The topological polar surface area (TPSA) is 104 Å². The SMILES string of the molecule is CC(C)(C)N1C(=O)NC(=O)/C(=C/c2ccc(C(=O)O)cc2)C1=O. The minimum absolute atomic E-state index is 0.0954. The highest BCUT2D eigenvalue weighted by Gasteiger charge is 2.41. The summed E-state index contributed by atoms with van der Waals surface area (Å²) < 4.78 is 0. The summed E-state index contributed by atoms with van der Waals surface area (Å²) in [5, 5.41) is 11.0. The van der Waals surface area contributed by atoms with E-state index >= 15 is 0 Å². The maximum atomic E-state index is 12.5. The summed E-state index contributed by atoms with van der Waals surface area (Å²) in [7, 11) is 0. The zero-order chi connectivity index (χ0) is 17.4. The molecule has 2 N–H and O–H groups in total. The summed E-state index contributed by atoms with van der Waals surface area (Å²) in [6.45, 7) is 5.04. The Balaban J connectivity index is 2.40. The second-order valence-electron chi connectivity index (χ2n) is 6.06. The van der Waals surface area contributed by atoms with Crippen LogP contribution in [0.5, 0.6) is 0 Å². The highest BCUT2D eigenvalue weighted by molar-refractivity contribution is 6.31. The number of benzene rings is 1. The van der Waals surface area contributed by atoms with E-state index in [-0.39, 0.29) is 11.1 Å². The van der Waals surface area contributed by atoms with Crippen molar-refractivity contribution in [1.82, 2.24) is 10.2 Å². The highest BCUT2D eigenvalue weighted by atomic mass is 16.4. The number of carboxylic acids is 1. The molecule has 1 aromatic carbocycles. The van der Waals surface area contributed by atoms with E-state index in [1.165, 1.54) is 30.3 Å². The average Bonchev–Trinajstić information content (AvgIpc) is 2.42. The molecule has 0 aromatic heterocycles. The van der Waals surface area contributed by atoms with Gasteiger partial charge in [0.05, 0.1) is 5.56 Å². The fourth-order valence-corrected chi connectivity index (χ4v) is 2.16. The van der Waals surface area contributed by atoms with Gasteiger partial charge in [0.15, 0.2) is 0 Å². The fraction of sp³-hybridized carbons (Fsp3) is 0.250. The molecule has 1 heterocycles. The van der Waals surface area contributed by atoms with Crippen LogP contribution < -0.4 is 5.32 Å². The van der Waals surface area contributed by atoms with Crippen molar-refractivity contribution in [2.75, 3.05) is 0 Å². The molecule has 2 rings (SSSR count). The minimum atomic E-state index is -1.07. The molecule has 0 saturated carbocycles. The number of rotatable bonds is 2. The van der Waals surface area contributed by atoms with Crippen LogP contribution in [0.1, 0.15) is 36.7 Å². The van der Waals surface area contributed by atoms with Crippen molar-refractivity contribution < 1.29 is 24.3 Å². The van der Waals surface area contributed by atoms with Gasteiger partial charge in [0.2, 0.25) is 0 Å². The van der Waals surface area contributed by atoms with Crippen molar-refractivity contribution in [1.29, 1.82) is 0 Å². The molecule has 1 fully saturated rings. The molecule has 7 heteroatoms. The molecular formula is C16H16N2O5. The Bertz CT molecular complexity index is 726. The number of barbiturate groups is 1. The molecule has 0 aliphatic carbocycles. The number of carbonyl (C=O) groups is 4. The summed E-state index contributed by atoms with van der Waals surface area (Å²) in [6.07, 6.45) is 1.33. The predicted octanol–water partition coefficient (Wildman–Crippen LogP) is 1.65. The number of hydrogen-bond acceptors (Lipinski definition) is 4. The second-order valence-corrected chi connectivity index (χ2v) is 6.06. The Hall–Kier alpha value is -2.96. The van der Waals surface area contributed by atoms with Crippen LogP contribution in [0.15, 0.2) is 29.8 Å². The van der Waals surface area contributed by atoms with Gasteiger partial charge in [-0.1, -0.05) is 12.1 Å². The molecule has 1 saturated heterocycles. The molecule has 4 amide bonds. The molecule has 0 radical (unpaired) electrons. The van der Waals surface area contributed by atoms with Crippen molar-refractivity contribution >= 4 is 29.9 Å². The molecule has 1 aliphatic rings. The first-order valence-corrected chi connectivity index (χ1v) is 6.86. The maximum Gasteiger partial charge on any atom is 0.335 e. The van der Waals surface area contributed by atoms with E-state index in [9.17, 15) is 19.2 Å². The zero-order valence-electron chi connectivity index (χ0n) is 12.9. The van der Waals surface area contributed by atoms with E-state index in [4.69, 9.17) is 5.11 Å². The number of urea groups is 1. The Morgan fingerprint density at radius 3 is 2.17 bits per heavy atom. The van der Waals surface area contributed by atoms with Crippen molar-refractivity contribution in [3.05, 3.63) is 41.0 Å². The molecule has 120 valence electrons. The summed E-state index contributed by atoms with van der Waals surface area (Å²) >= 11 is 0. The Kier molecular flexibility index (Phi) is 4.05. The van der Waals surface area contributed by atoms with Gasteiger partial charge in [-0.2, -0.15) is 0 Å². The van der Waals surface area contributed by atoms with Crippen LogP contribution in [0.4, 0.5) is 4.79 Å². The number of aromatic carboxylic acids is 1. The lowest BCUT2D eigenvalue weighted by atomic mass is 10.0. The molecule has 0 spiro atoms. The Labute approximate surface area is 132 Å². The Morgan fingerprint density at radius 2 is 1.70 bits per heavy atom. The summed E-state index contributed by atoms with van der Waals surface area (Å²) in [6, 6.07) is 4.94. The largest absolute Gasteiger partial charge is 0.478 e. The lowest BCUT2D eigenvalue weighted by molar-refractivity contribution is -0.133. The number of nitrogens with one attached hydrogen (secondary N) is 1. The van der Waals surface area contributed by atoms with E-state index in [1.807, 2.05) is 0 Å². The van der Waals surface area contributed by atoms with Crippen LogP contribution in [-0.2, 0) is 9.59 Å². The molecule has 1 aliphatic heterocycles. The van der Waals surface area contributed by atoms with Gasteiger partial charge in [-0.25, -0.2) is 9.59 Å². The van der Waals surface area contributed by atoms with Gasteiger partial charge >= 0.3 is 12.0 Å². The van der Waals surface area contributed by atoms with Gasteiger partial charge in [-0.3, -0.25) is 19.8 Å². The van der Waals surface area contributed by atoms with Crippen LogP contribution >= 0.6 is 0 Å². The number of carbonyl (C=O) groups excluding carboxylic acids is 3. The number of nitrogens with zero attached hydrogens (tertiary/aromatic N) is 1. The molecule has 0 unspecified atom stereocenters. The van der Waals surface area contributed by atoms with E-state index in [1.54, 1.807) is 20.8 Å². The van der Waals surface area contributed by atoms with Crippen LogP contribution in [0.25, 0.3) is 6.08 Å². The standard InChI is InChI=1S/C16H16N2O5/c1-16(2,3)18-13(20)11(12(19)17-15(18)23)8-9-4-6-10(7-5-9)14(21)22/h4-8H,1-3H3,(H,21,22)(H,17,19,23)/b11-8-. The van der Waals surface area contributed by atoms with Gasteiger partial charge in [0, 0.05) is 5.54 Å². The summed E-state index contributed by atoms with van der Waals surface area (Å²) in [4.78, 5) is 48.0. The number of imide groups is 2. The normalized spacial score (nSPS) is 17.4. The third-order valence-corrected chi connectivity index (χ3v) is 3.24. The van der Waals surface area contributed by atoms with Gasteiger partial charge in [0.25, 0.3) is 11.8 Å². The predicted molar refractivity (Wildman–Crippen MR) is 81.5 cm³/mol. The number of amides is 4. The molecule has 0 atom stereocenters. The third-order valence-electron chi connectivity index (χ3n) is 3.24. The Morgan fingerprint density at radius 1 is 1.13 bits per heavy atom. The molecule has 7 nitrogen and oxygen atoms in total. The number of carboxylic acid groups (broad SMARTS) is 1. The van der Waals surface area contributed by atoms with E-state index < -0.39 is 29.4 Å². The van der Waals surface area contributed by atoms with Crippen LogP contribution in [-0.4, -0.2) is 39.4 Å². The van der Waals surface area contributed by atoms with Crippen molar-refractivity contribution in [2.45, 2.75) is 26.3 Å². The fourth-order valence-electron chi connectivity index (χ4n) is 2.16. The second kappa shape index (κ2) is 5.68.